The zero-order chi connectivity index (χ0) is 10.6. The summed E-state index contributed by atoms with van der Waals surface area (Å²) in [5.41, 5.74) is 1.09. The van der Waals surface area contributed by atoms with Gasteiger partial charge in [-0.15, -0.1) is 11.3 Å². The van der Waals surface area contributed by atoms with Gasteiger partial charge in [-0.2, -0.15) is 0 Å². The molecular formula is C9H12ClNO2S. The molecule has 0 amide bonds. The van der Waals surface area contributed by atoms with E-state index < -0.39 is 0 Å². The van der Waals surface area contributed by atoms with Crippen molar-refractivity contribution in [2.45, 2.75) is 13.0 Å². The highest BCUT2D eigenvalue weighted by atomic mass is 35.5. The largest absolute Gasteiger partial charge is 0.468 e. The van der Waals surface area contributed by atoms with Crippen molar-refractivity contribution in [3.63, 3.8) is 0 Å². The Morgan fingerprint density at radius 2 is 2.50 bits per heavy atom. The van der Waals surface area contributed by atoms with Gasteiger partial charge in [0, 0.05) is 6.04 Å². The maximum Gasteiger partial charge on any atom is 0.319 e. The van der Waals surface area contributed by atoms with Crippen molar-refractivity contribution in [1.29, 1.82) is 0 Å². The molecule has 1 unspecified atom stereocenters. The summed E-state index contributed by atoms with van der Waals surface area (Å²) in [5, 5.41) is 5.01. The molecule has 0 aromatic carbocycles. The summed E-state index contributed by atoms with van der Waals surface area (Å²) < 4.78 is 5.27. The van der Waals surface area contributed by atoms with Crippen LogP contribution in [-0.4, -0.2) is 19.6 Å². The van der Waals surface area contributed by atoms with Crippen LogP contribution in [0.5, 0.6) is 0 Å². The highest BCUT2D eigenvalue weighted by Gasteiger charge is 2.08. The second-order valence-electron chi connectivity index (χ2n) is 2.86. The van der Waals surface area contributed by atoms with E-state index in [1.807, 2.05) is 18.4 Å². The van der Waals surface area contributed by atoms with Crippen LogP contribution >= 0.6 is 22.9 Å². The topological polar surface area (TPSA) is 38.3 Å². The summed E-state index contributed by atoms with van der Waals surface area (Å²) >= 11 is 7.28. The summed E-state index contributed by atoms with van der Waals surface area (Å²) in [6.07, 6.45) is 0. The first-order chi connectivity index (χ1) is 6.63. The van der Waals surface area contributed by atoms with E-state index in [0.29, 0.717) is 0 Å². The number of nitrogens with one attached hydrogen (secondary N) is 1. The van der Waals surface area contributed by atoms with E-state index in [0.717, 1.165) is 9.90 Å². The third kappa shape index (κ3) is 3.29. The van der Waals surface area contributed by atoms with Crippen molar-refractivity contribution < 1.29 is 9.53 Å². The summed E-state index contributed by atoms with van der Waals surface area (Å²) in [5.74, 6) is -0.266. The molecule has 1 aromatic heterocycles. The molecule has 5 heteroatoms. The predicted octanol–water partition coefficient (Wildman–Crippen LogP) is 2.23. The molecule has 1 heterocycles. The number of thiophene rings is 1. The number of hydrogen-bond donors (Lipinski definition) is 1. The van der Waals surface area contributed by atoms with E-state index in [4.69, 9.17) is 11.6 Å². The number of carbonyl (C=O) groups excluding carboxylic acids is 1. The Hall–Kier alpha value is -0.580. The van der Waals surface area contributed by atoms with Gasteiger partial charge >= 0.3 is 5.97 Å². The quantitative estimate of drug-likeness (QED) is 0.811. The van der Waals surface area contributed by atoms with E-state index in [1.165, 1.54) is 18.4 Å². The Balaban J connectivity index is 2.42. The lowest BCUT2D eigenvalue weighted by atomic mass is 10.2. The molecule has 0 spiro atoms. The van der Waals surface area contributed by atoms with Crippen LogP contribution in [-0.2, 0) is 9.53 Å². The van der Waals surface area contributed by atoms with Crippen LogP contribution in [0.4, 0.5) is 0 Å². The van der Waals surface area contributed by atoms with Gasteiger partial charge in [-0.1, -0.05) is 11.6 Å². The van der Waals surface area contributed by atoms with Gasteiger partial charge in [0.1, 0.15) is 0 Å². The smallest absolute Gasteiger partial charge is 0.319 e. The standard InChI is InChI=1S/C9H12ClNO2S/c1-6(11-4-9(12)13-2)7-3-8(10)14-5-7/h3,5-6,11H,4H2,1-2H3. The molecule has 1 atom stereocenters. The number of hydrogen-bond acceptors (Lipinski definition) is 4. The maximum absolute atomic E-state index is 10.8. The minimum atomic E-state index is -0.266. The SMILES string of the molecule is COC(=O)CNC(C)c1csc(Cl)c1. The molecule has 1 aromatic rings. The van der Waals surface area contributed by atoms with Crippen LogP contribution in [0.3, 0.4) is 0 Å². The second-order valence-corrected chi connectivity index (χ2v) is 4.41. The Kier molecular flexibility index (Phi) is 4.38. The highest BCUT2D eigenvalue weighted by Crippen LogP contribution is 2.24. The average Bonchev–Trinajstić information content (AvgIpc) is 2.60. The second kappa shape index (κ2) is 5.34. The molecule has 78 valence electrons. The molecule has 0 aliphatic rings. The molecule has 3 nitrogen and oxygen atoms in total. The van der Waals surface area contributed by atoms with Crippen molar-refractivity contribution in [1.82, 2.24) is 5.32 Å². The normalized spacial score (nSPS) is 12.5. The molecule has 0 aliphatic carbocycles. The lowest BCUT2D eigenvalue weighted by Gasteiger charge is -2.10. The fraction of sp³-hybridized carbons (Fsp3) is 0.444. The van der Waals surface area contributed by atoms with Crippen LogP contribution < -0.4 is 5.32 Å². The minimum Gasteiger partial charge on any atom is -0.468 e. The third-order valence-electron chi connectivity index (χ3n) is 1.87. The van der Waals surface area contributed by atoms with Crippen LogP contribution in [0, 0.1) is 0 Å². The fourth-order valence-corrected chi connectivity index (χ4v) is 1.96. The first-order valence-electron chi connectivity index (χ1n) is 4.17. The lowest BCUT2D eigenvalue weighted by Crippen LogP contribution is -2.26. The van der Waals surface area contributed by atoms with Crippen molar-refractivity contribution in [3.8, 4) is 0 Å². The number of rotatable bonds is 4. The van der Waals surface area contributed by atoms with Gasteiger partial charge in [-0.05, 0) is 23.9 Å². The molecule has 0 saturated carbocycles. The Labute approximate surface area is 92.0 Å². The number of esters is 1. The van der Waals surface area contributed by atoms with Gasteiger partial charge in [-0.25, -0.2) is 0 Å². The lowest BCUT2D eigenvalue weighted by molar-refractivity contribution is -0.139. The summed E-state index contributed by atoms with van der Waals surface area (Å²) in [7, 11) is 1.37. The summed E-state index contributed by atoms with van der Waals surface area (Å²) in [6.45, 7) is 2.19. The summed E-state index contributed by atoms with van der Waals surface area (Å²) in [6, 6.07) is 2.00. The zero-order valence-electron chi connectivity index (χ0n) is 8.04. The van der Waals surface area contributed by atoms with Gasteiger partial charge < -0.3 is 10.1 Å². The van der Waals surface area contributed by atoms with Gasteiger partial charge in [0.15, 0.2) is 0 Å². The number of halogens is 1. The van der Waals surface area contributed by atoms with E-state index in [9.17, 15) is 4.79 Å². The number of carbonyl (C=O) groups is 1. The number of methoxy groups -OCH3 is 1. The van der Waals surface area contributed by atoms with Crippen LogP contribution in [0.2, 0.25) is 4.34 Å². The molecule has 0 fully saturated rings. The maximum atomic E-state index is 10.8. The number of ether oxygens (including phenoxy) is 1. The molecule has 1 N–H and O–H groups in total. The van der Waals surface area contributed by atoms with Crippen LogP contribution in [0.15, 0.2) is 11.4 Å². The molecule has 0 bridgehead atoms. The summed E-state index contributed by atoms with van der Waals surface area (Å²) in [4.78, 5) is 10.8. The fourth-order valence-electron chi connectivity index (χ4n) is 0.977. The Morgan fingerprint density at radius 3 is 3.00 bits per heavy atom. The predicted molar refractivity (Wildman–Crippen MR) is 57.8 cm³/mol. The monoisotopic (exact) mass is 233 g/mol. The molecular weight excluding hydrogens is 222 g/mol. The Bertz CT molecular complexity index is 314. The molecule has 0 aliphatic heterocycles. The van der Waals surface area contributed by atoms with E-state index in [2.05, 4.69) is 10.1 Å². The molecule has 14 heavy (non-hydrogen) atoms. The first-order valence-corrected chi connectivity index (χ1v) is 5.43. The molecule has 0 radical (unpaired) electrons. The van der Waals surface area contributed by atoms with E-state index in [-0.39, 0.29) is 18.6 Å². The first kappa shape index (κ1) is 11.5. The van der Waals surface area contributed by atoms with Crippen molar-refractivity contribution in [2.24, 2.45) is 0 Å². The van der Waals surface area contributed by atoms with Gasteiger partial charge in [-0.3, -0.25) is 4.79 Å². The highest BCUT2D eigenvalue weighted by molar-refractivity contribution is 7.14. The van der Waals surface area contributed by atoms with Crippen molar-refractivity contribution in [3.05, 3.63) is 21.3 Å². The van der Waals surface area contributed by atoms with Gasteiger partial charge in [0.25, 0.3) is 0 Å². The minimum absolute atomic E-state index is 0.109. The van der Waals surface area contributed by atoms with Crippen LogP contribution in [0.1, 0.15) is 18.5 Å². The molecule has 0 saturated heterocycles. The van der Waals surface area contributed by atoms with Gasteiger partial charge in [0.05, 0.1) is 18.0 Å². The Morgan fingerprint density at radius 1 is 1.79 bits per heavy atom. The van der Waals surface area contributed by atoms with Gasteiger partial charge in [0.2, 0.25) is 0 Å². The van der Waals surface area contributed by atoms with E-state index >= 15 is 0 Å². The van der Waals surface area contributed by atoms with Crippen molar-refractivity contribution >= 4 is 28.9 Å². The zero-order valence-corrected chi connectivity index (χ0v) is 9.61. The van der Waals surface area contributed by atoms with Crippen molar-refractivity contribution in [2.75, 3.05) is 13.7 Å². The third-order valence-corrected chi connectivity index (χ3v) is 2.98. The molecule has 1 rings (SSSR count). The van der Waals surface area contributed by atoms with Crippen LogP contribution in [0.25, 0.3) is 0 Å². The van der Waals surface area contributed by atoms with E-state index in [1.54, 1.807) is 0 Å². The average molecular weight is 234 g/mol.